The standard InChI is InChI=1S/C17H11N3O2/c18-10-13(15(21)11-6-2-1-3-7-11)16-19-14-9-5-4-8-12(14)17(22)20-16/h1-9,19H,(H,20,22)/b16-13+. The second kappa shape index (κ2) is 5.54. The third-order valence-electron chi connectivity index (χ3n) is 3.29. The summed E-state index contributed by atoms with van der Waals surface area (Å²) in [5.74, 6) is -0.678. The summed E-state index contributed by atoms with van der Waals surface area (Å²) in [5, 5.41) is 14.8. The van der Waals surface area contributed by atoms with Crippen LogP contribution in [0.2, 0.25) is 0 Å². The fraction of sp³-hybridized carbons (Fsp3) is 0. The number of rotatable bonds is 2. The summed E-state index contributed by atoms with van der Waals surface area (Å²) < 4.78 is 0. The van der Waals surface area contributed by atoms with Crippen LogP contribution in [0, 0.1) is 11.3 Å². The summed E-state index contributed by atoms with van der Waals surface area (Å²) in [6.07, 6.45) is 0. The molecule has 0 saturated heterocycles. The first kappa shape index (κ1) is 13.6. The van der Waals surface area contributed by atoms with Crippen molar-refractivity contribution >= 4 is 17.4 Å². The highest BCUT2D eigenvalue weighted by Crippen LogP contribution is 2.23. The Morgan fingerprint density at radius 3 is 2.36 bits per heavy atom. The Labute approximate surface area is 126 Å². The van der Waals surface area contributed by atoms with Crippen molar-refractivity contribution in [2.24, 2.45) is 0 Å². The van der Waals surface area contributed by atoms with Gasteiger partial charge in [-0.05, 0) is 12.1 Å². The van der Waals surface area contributed by atoms with E-state index in [0.717, 1.165) is 0 Å². The molecule has 5 heteroatoms. The van der Waals surface area contributed by atoms with Crippen LogP contribution in [0.15, 0.2) is 66.0 Å². The summed E-state index contributed by atoms with van der Waals surface area (Å²) in [5.41, 5.74) is 1.29. The fourth-order valence-electron chi connectivity index (χ4n) is 2.22. The normalized spacial score (nSPS) is 15.0. The number of nitrogens with zero attached hydrogens (tertiary/aromatic N) is 1. The molecule has 2 aromatic carbocycles. The Kier molecular flexibility index (Phi) is 3.42. The van der Waals surface area contributed by atoms with Gasteiger partial charge in [0.15, 0.2) is 0 Å². The molecule has 3 rings (SSSR count). The second-order valence-corrected chi connectivity index (χ2v) is 4.68. The van der Waals surface area contributed by atoms with Gasteiger partial charge in [0.05, 0.1) is 11.3 Å². The van der Waals surface area contributed by atoms with Crippen LogP contribution >= 0.6 is 0 Å². The third kappa shape index (κ3) is 2.34. The van der Waals surface area contributed by atoms with Crippen LogP contribution in [0.4, 0.5) is 5.69 Å². The molecule has 5 nitrogen and oxygen atoms in total. The van der Waals surface area contributed by atoms with E-state index in [4.69, 9.17) is 0 Å². The lowest BCUT2D eigenvalue weighted by molar-refractivity contribution is 0.0963. The highest BCUT2D eigenvalue weighted by Gasteiger charge is 2.25. The summed E-state index contributed by atoms with van der Waals surface area (Å²) in [6.45, 7) is 0. The van der Waals surface area contributed by atoms with Crippen molar-refractivity contribution in [3.63, 3.8) is 0 Å². The van der Waals surface area contributed by atoms with E-state index >= 15 is 0 Å². The SMILES string of the molecule is N#C/C(C(=O)c1ccccc1)=C1\NC(=O)c2ccccc2N1. The van der Waals surface area contributed by atoms with Crippen LogP contribution in [0.5, 0.6) is 0 Å². The van der Waals surface area contributed by atoms with Gasteiger partial charge in [-0.3, -0.25) is 9.59 Å². The van der Waals surface area contributed by atoms with Crippen molar-refractivity contribution in [3.8, 4) is 6.07 Å². The predicted molar refractivity (Wildman–Crippen MR) is 80.9 cm³/mol. The van der Waals surface area contributed by atoms with Gasteiger partial charge in [0.1, 0.15) is 17.5 Å². The van der Waals surface area contributed by atoms with Crippen molar-refractivity contribution in [1.29, 1.82) is 5.26 Å². The number of carbonyl (C=O) groups excluding carboxylic acids is 2. The van der Waals surface area contributed by atoms with E-state index in [9.17, 15) is 14.9 Å². The number of para-hydroxylation sites is 1. The number of nitriles is 1. The van der Waals surface area contributed by atoms with Gasteiger partial charge in [-0.1, -0.05) is 42.5 Å². The van der Waals surface area contributed by atoms with E-state index in [2.05, 4.69) is 10.6 Å². The Morgan fingerprint density at radius 1 is 0.955 bits per heavy atom. The number of anilines is 1. The molecule has 0 fully saturated rings. The van der Waals surface area contributed by atoms with Crippen molar-refractivity contribution in [2.45, 2.75) is 0 Å². The average Bonchev–Trinajstić information content (AvgIpc) is 2.56. The van der Waals surface area contributed by atoms with Crippen LogP contribution in [-0.2, 0) is 0 Å². The third-order valence-corrected chi connectivity index (χ3v) is 3.29. The number of carbonyl (C=O) groups is 2. The number of hydrogen-bond acceptors (Lipinski definition) is 4. The number of amides is 1. The second-order valence-electron chi connectivity index (χ2n) is 4.68. The maximum atomic E-state index is 12.4. The number of Topliss-reactive ketones (excluding diaryl/α,β-unsaturated/α-hetero) is 1. The van der Waals surface area contributed by atoms with Crippen molar-refractivity contribution in [1.82, 2.24) is 5.32 Å². The molecule has 0 saturated carbocycles. The molecule has 0 aromatic heterocycles. The van der Waals surface area contributed by atoms with Gasteiger partial charge in [0.2, 0.25) is 5.78 Å². The molecule has 2 aromatic rings. The minimum atomic E-state index is -0.440. The summed E-state index contributed by atoms with van der Waals surface area (Å²) >= 11 is 0. The lowest BCUT2D eigenvalue weighted by Gasteiger charge is -2.21. The first-order valence-corrected chi connectivity index (χ1v) is 6.62. The molecule has 0 unspecified atom stereocenters. The zero-order valence-electron chi connectivity index (χ0n) is 11.5. The highest BCUT2D eigenvalue weighted by molar-refractivity contribution is 6.13. The molecule has 1 aliphatic heterocycles. The van der Waals surface area contributed by atoms with E-state index < -0.39 is 5.78 Å². The molecule has 0 spiro atoms. The van der Waals surface area contributed by atoms with Gasteiger partial charge in [-0.2, -0.15) is 5.26 Å². The Bertz CT molecular complexity index is 832. The van der Waals surface area contributed by atoms with Crippen LogP contribution in [-0.4, -0.2) is 11.7 Å². The Balaban J connectivity index is 2.04. The van der Waals surface area contributed by atoms with E-state index in [-0.39, 0.29) is 17.3 Å². The number of nitrogens with one attached hydrogen (secondary N) is 2. The zero-order valence-corrected chi connectivity index (χ0v) is 11.5. The monoisotopic (exact) mass is 289 g/mol. The van der Waals surface area contributed by atoms with Crippen LogP contribution < -0.4 is 10.6 Å². The van der Waals surface area contributed by atoms with Gasteiger partial charge in [-0.15, -0.1) is 0 Å². The first-order valence-electron chi connectivity index (χ1n) is 6.62. The molecule has 22 heavy (non-hydrogen) atoms. The summed E-state index contributed by atoms with van der Waals surface area (Å²) in [4.78, 5) is 24.5. The lowest BCUT2D eigenvalue weighted by Crippen LogP contribution is -2.34. The molecule has 0 bridgehead atoms. The van der Waals surface area contributed by atoms with Gasteiger partial charge in [0, 0.05) is 5.56 Å². The lowest BCUT2D eigenvalue weighted by atomic mass is 10.0. The number of benzene rings is 2. The molecule has 0 aliphatic carbocycles. The van der Waals surface area contributed by atoms with E-state index in [1.807, 2.05) is 6.07 Å². The highest BCUT2D eigenvalue weighted by atomic mass is 16.2. The maximum Gasteiger partial charge on any atom is 0.258 e. The molecule has 2 N–H and O–H groups in total. The van der Waals surface area contributed by atoms with Crippen molar-refractivity contribution in [3.05, 3.63) is 77.1 Å². The predicted octanol–water partition coefficient (Wildman–Crippen LogP) is 2.46. The molecule has 0 radical (unpaired) electrons. The fourth-order valence-corrected chi connectivity index (χ4v) is 2.22. The zero-order chi connectivity index (χ0) is 15.5. The molecule has 106 valence electrons. The number of fused-ring (bicyclic) bond motifs is 1. The smallest absolute Gasteiger partial charge is 0.258 e. The maximum absolute atomic E-state index is 12.4. The molecular weight excluding hydrogens is 278 g/mol. The summed E-state index contributed by atoms with van der Waals surface area (Å²) in [6, 6.07) is 17.2. The molecule has 0 atom stereocenters. The van der Waals surface area contributed by atoms with Crippen molar-refractivity contribution in [2.75, 3.05) is 5.32 Å². The van der Waals surface area contributed by atoms with Gasteiger partial charge in [-0.25, -0.2) is 0 Å². The van der Waals surface area contributed by atoms with Crippen LogP contribution in [0.3, 0.4) is 0 Å². The molecule has 1 aliphatic rings. The van der Waals surface area contributed by atoms with Gasteiger partial charge >= 0.3 is 0 Å². The summed E-state index contributed by atoms with van der Waals surface area (Å²) in [7, 11) is 0. The number of ketones is 1. The van der Waals surface area contributed by atoms with Crippen molar-refractivity contribution < 1.29 is 9.59 Å². The van der Waals surface area contributed by atoms with E-state index in [1.165, 1.54) is 0 Å². The van der Waals surface area contributed by atoms with Crippen LogP contribution in [0.1, 0.15) is 20.7 Å². The topological polar surface area (TPSA) is 82.0 Å². The Morgan fingerprint density at radius 2 is 1.64 bits per heavy atom. The molecule has 1 heterocycles. The van der Waals surface area contributed by atoms with Gasteiger partial charge < -0.3 is 10.6 Å². The molecule has 1 amide bonds. The van der Waals surface area contributed by atoms with E-state index in [0.29, 0.717) is 16.8 Å². The quantitative estimate of drug-likeness (QED) is 0.505. The largest absolute Gasteiger partial charge is 0.340 e. The minimum Gasteiger partial charge on any atom is -0.340 e. The first-order chi connectivity index (χ1) is 10.7. The minimum absolute atomic E-state index is 0.111. The van der Waals surface area contributed by atoms with Crippen LogP contribution in [0.25, 0.3) is 0 Å². The van der Waals surface area contributed by atoms with Gasteiger partial charge in [0.25, 0.3) is 5.91 Å². The number of hydrogen-bond donors (Lipinski definition) is 2. The molecular formula is C17H11N3O2. The number of allylic oxidation sites excluding steroid dienone is 1. The average molecular weight is 289 g/mol. The Hall–Kier alpha value is -3.39. The van der Waals surface area contributed by atoms with E-state index in [1.54, 1.807) is 54.6 Å².